The van der Waals surface area contributed by atoms with Crippen molar-refractivity contribution in [2.75, 3.05) is 11.9 Å². The average Bonchev–Trinajstić information content (AvgIpc) is 3.14. The molecule has 2 amide bonds. The summed E-state index contributed by atoms with van der Waals surface area (Å²) in [4.78, 5) is 24.8. The molecule has 1 heterocycles. The summed E-state index contributed by atoms with van der Waals surface area (Å²) in [5.41, 5.74) is 3.81. The van der Waals surface area contributed by atoms with Crippen molar-refractivity contribution in [1.82, 2.24) is 15.1 Å². The Balaban J connectivity index is 1.84. The number of rotatable bonds is 6. The van der Waals surface area contributed by atoms with E-state index in [1.165, 1.54) is 18.3 Å². The summed E-state index contributed by atoms with van der Waals surface area (Å²) in [6.45, 7) is 6.17. The molecule has 6 nitrogen and oxygen atoms in total. The molecule has 0 saturated carbocycles. The normalized spacial score (nSPS) is 10.6. The number of amides is 2. The van der Waals surface area contributed by atoms with Crippen LogP contribution in [0.25, 0.3) is 5.69 Å². The molecule has 0 aliphatic rings. The van der Waals surface area contributed by atoms with E-state index in [1.807, 2.05) is 20.8 Å². The molecule has 1 aromatic heterocycles. The number of halogens is 1. The van der Waals surface area contributed by atoms with Gasteiger partial charge < -0.3 is 10.6 Å². The van der Waals surface area contributed by atoms with Crippen molar-refractivity contribution in [3.8, 4) is 5.69 Å². The minimum absolute atomic E-state index is 0.151. The third-order valence-corrected chi connectivity index (χ3v) is 4.59. The second-order valence-electron chi connectivity index (χ2n) is 6.59. The fraction of sp³-hybridized carbons (Fsp3) is 0.227. The van der Waals surface area contributed by atoms with Crippen LogP contribution in [0.3, 0.4) is 0 Å². The minimum Gasteiger partial charge on any atom is -0.352 e. The van der Waals surface area contributed by atoms with Crippen molar-refractivity contribution < 1.29 is 14.0 Å². The molecule has 3 aromatic rings. The van der Waals surface area contributed by atoms with Gasteiger partial charge in [-0.25, -0.2) is 9.07 Å². The predicted molar refractivity (Wildman–Crippen MR) is 110 cm³/mol. The molecule has 0 spiro atoms. The van der Waals surface area contributed by atoms with Crippen LogP contribution in [0.4, 0.5) is 10.1 Å². The van der Waals surface area contributed by atoms with Gasteiger partial charge in [-0.15, -0.1) is 0 Å². The van der Waals surface area contributed by atoms with Gasteiger partial charge in [0.15, 0.2) is 0 Å². The van der Waals surface area contributed by atoms with Crippen LogP contribution in [0.2, 0.25) is 0 Å². The van der Waals surface area contributed by atoms with Crippen LogP contribution in [0, 0.1) is 12.7 Å². The Morgan fingerprint density at radius 2 is 1.79 bits per heavy atom. The first-order chi connectivity index (χ1) is 13.9. The maximum absolute atomic E-state index is 13.2. The average molecular weight is 394 g/mol. The van der Waals surface area contributed by atoms with Crippen LogP contribution < -0.4 is 10.6 Å². The van der Waals surface area contributed by atoms with Crippen LogP contribution in [-0.2, 0) is 6.42 Å². The number of hydrogen-bond donors (Lipinski definition) is 2. The van der Waals surface area contributed by atoms with E-state index in [-0.39, 0.29) is 17.6 Å². The van der Waals surface area contributed by atoms with Gasteiger partial charge in [0.25, 0.3) is 11.8 Å². The molecular weight excluding hydrogens is 371 g/mol. The molecule has 0 unspecified atom stereocenters. The number of aryl methyl sites for hydroxylation is 1. The standard InChI is InChI=1S/C22H23FN4O2/c1-4-20-18(13-25-27(20)17-9-7-16(23)8-10-17)22(29)26-19-11-6-15(12-14(19)3)21(28)24-5-2/h6-13H,4-5H2,1-3H3,(H,24,28)(H,26,29). The van der Waals surface area contributed by atoms with Crippen molar-refractivity contribution in [1.29, 1.82) is 0 Å². The fourth-order valence-electron chi connectivity index (χ4n) is 3.11. The van der Waals surface area contributed by atoms with Crippen LogP contribution >= 0.6 is 0 Å². The largest absolute Gasteiger partial charge is 0.352 e. The number of carbonyl (C=O) groups is 2. The van der Waals surface area contributed by atoms with Gasteiger partial charge in [-0.05, 0) is 68.3 Å². The van der Waals surface area contributed by atoms with E-state index >= 15 is 0 Å². The number of benzene rings is 2. The lowest BCUT2D eigenvalue weighted by Gasteiger charge is -2.11. The molecular formula is C22H23FN4O2. The van der Waals surface area contributed by atoms with E-state index in [4.69, 9.17) is 0 Å². The van der Waals surface area contributed by atoms with E-state index < -0.39 is 0 Å². The number of nitrogens with zero attached hydrogens (tertiary/aromatic N) is 2. The monoisotopic (exact) mass is 394 g/mol. The fourth-order valence-corrected chi connectivity index (χ4v) is 3.11. The van der Waals surface area contributed by atoms with E-state index in [0.717, 1.165) is 11.3 Å². The molecule has 0 atom stereocenters. The lowest BCUT2D eigenvalue weighted by molar-refractivity contribution is 0.0955. The van der Waals surface area contributed by atoms with Crippen LogP contribution in [0.5, 0.6) is 0 Å². The number of carbonyl (C=O) groups excluding carboxylic acids is 2. The zero-order chi connectivity index (χ0) is 21.0. The van der Waals surface area contributed by atoms with Gasteiger partial charge in [-0.1, -0.05) is 6.92 Å². The maximum Gasteiger partial charge on any atom is 0.259 e. The van der Waals surface area contributed by atoms with Crippen molar-refractivity contribution in [3.05, 3.63) is 76.9 Å². The molecule has 29 heavy (non-hydrogen) atoms. The third kappa shape index (κ3) is 4.34. The van der Waals surface area contributed by atoms with Gasteiger partial charge in [-0.3, -0.25) is 9.59 Å². The van der Waals surface area contributed by atoms with Gasteiger partial charge in [0.1, 0.15) is 5.82 Å². The highest BCUT2D eigenvalue weighted by atomic mass is 19.1. The smallest absolute Gasteiger partial charge is 0.259 e. The lowest BCUT2D eigenvalue weighted by Crippen LogP contribution is -2.23. The first kappa shape index (κ1) is 20.3. The molecule has 2 aromatic carbocycles. The van der Waals surface area contributed by atoms with Crippen LogP contribution in [0.15, 0.2) is 48.7 Å². The molecule has 2 N–H and O–H groups in total. The molecule has 0 saturated heterocycles. The van der Waals surface area contributed by atoms with Gasteiger partial charge in [0.2, 0.25) is 0 Å². The number of anilines is 1. The molecule has 150 valence electrons. The second-order valence-corrected chi connectivity index (χ2v) is 6.59. The Bertz CT molecular complexity index is 1040. The summed E-state index contributed by atoms with van der Waals surface area (Å²) in [6.07, 6.45) is 2.09. The zero-order valence-electron chi connectivity index (χ0n) is 16.6. The summed E-state index contributed by atoms with van der Waals surface area (Å²) < 4.78 is 14.8. The maximum atomic E-state index is 13.2. The second kappa shape index (κ2) is 8.68. The SMILES string of the molecule is CCNC(=O)c1ccc(NC(=O)c2cnn(-c3ccc(F)cc3)c2CC)c(C)c1. The van der Waals surface area contributed by atoms with Gasteiger partial charge in [0, 0.05) is 17.8 Å². The highest BCUT2D eigenvalue weighted by Crippen LogP contribution is 2.21. The van der Waals surface area contributed by atoms with Gasteiger partial charge >= 0.3 is 0 Å². The van der Waals surface area contributed by atoms with E-state index in [9.17, 15) is 14.0 Å². The van der Waals surface area contributed by atoms with Crippen molar-refractivity contribution in [2.24, 2.45) is 0 Å². The molecule has 7 heteroatoms. The summed E-state index contributed by atoms with van der Waals surface area (Å²) in [7, 11) is 0. The number of hydrogen-bond acceptors (Lipinski definition) is 3. The summed E-state index contributed by atoms with van der Waals surface area (Å²) >= 11 is 0. The summed E-state index contributed by atoms with van der Waals surface area (Å²) in [5.74, 6) is -0.769. The highest BCUT2D eigenvalue weighted by molar-refractivity contribution is 6.05. The molecule has 3 rings (SSSR count). The van der Waals surface area contributed by atoms with Gasteiger partial charge in [0.05, 0.1) is 23.1 Å². The summed E-state index contributed by atoms with van der Waals surface area (Å²) in [6, 6.07) is 11.1. The topological polar surface area (TPSA) is 76.0 Å². The number of nitrogens with one attached hydrogen (secondary N) is 2. The van der Waals surface area contributed by atoms with Crippen molar-refractivity contribution >= 4 is 17.5 Å². The molecule has 0 fully saturated rings. The Labute approximate surface area is 168 Å². The first-order valence-electron chi connectivity index (χ1n) is 9.47. The molecule has 0 aliphatic heterocycles. The minimum atomic E-state index is -0.330. The summed E-state index contributed by atoms with van der Waals surface area (Å²) in [5, 5.41) is 9.95. The Morgan fingerprint density at radius 3 is 2.41 bits per heavy atom. The highest BCUT2D eigenvalue weighted by Gasteiger charge is 2.18. The van der Waals surface area contributed by atoms with Crippen LogP contribution in [0.1, 0.15) is 45.8 Å². The first-order valence-corrected chi connectivity index (χ1v) is 9.47. The molecule has 0 bridgehead atoms. The van der Waals surface area contributed by atoms with Crippen molar-refractivity contribution in [3.63, 3.8) is 0 Å². The third-order valence-electron chi connectivity index (χ3n) is 4.59. The molecule has 0 radical (unpaired) electrons. The van der Waals surface area contributed by atoms with Gasteiger partial charge in [-0.2, -0.15) is 5.10 Å². The zero-order valence-corrected chi connectivity index (χ0v) is 16.6. The van der Waals surface area contributed by atoms with E-state index in [2.05, 4.69) is 15.7 Å². The number of aromatic nitrogens is 2. The van der Waals surface area contributed by atoms with Crippen LogP contribution in [-0.4, -0.2) is 28.1 Å². The van der Waals surface area contributed by atoms with E-state index in [0.29, 0.717) is 35.5 Å². The van der Waals surface area contributed by atoms with Crippen molar-refractivity contribution in [2.45, 2.75) is 27.2 Å². The quantitative estimate of drug-likeness (QED) is 0.666. The Morgan fingerprint density at radius 1 is 1.07 bits per heavy atom. The lowest BCUT2D eigenvalue weighted by atomic mass is 10.1. The van der Waals surface area contributed by atoms with E-state index in [1.54, 1.807) is 35.0 Å². The molecule has 0 aliphatic carbocycles. The Hall–Kier alpha value is -3.48. The Kier molecular flexibility index (Phi) is 6.07. The predicted octanol–water partition coefficient (Wildman–Crippen LogP) is 3.88.